The zero-order valence-corrected chi connectivity index (χ0v) is 35.9. The molecule has 0 spiro atoms. The molecule has 0 bridgehead atoms. The fourth-order valence-electron chi connectivity index (χ4n) is 7.90. The zero-order valence-electron chi connectivity index (χ0n) is 35.9. The van der Waals surface area contributed by atoms with E-state index >= 15 is 0 Å². The molecule has 0 unspecified atom stereocenters. The number of amides is 1. The summed E-state index contributed by atoms with van der Waals surface area (Å²) in [4.78, 5) is 30.7. The van der Waals surface area contributed by atoms with Crippen LogP contribution in [0.3, 0.4) is 0 Å². The van der Waals surface area contributed by atoms with Crippen molar-refractivity contribution in [1.82, 2.24) is 24.9 Å². The van der Waals surface area contributed by atoms with Gasteiger partial charge < -0.3 is 24.0 Å². The molecule has 0 aliphatic heterocycles. The van der Waals surface area contributed by atoms with E-state index in [1.807, 2.05) is 43.4 Å². The van der Waals surface area contributed by atoms with Gasteiger partial charge in [0.15, 0.2) is 5.69 Å². The smallest absolute Gasteiger partial charge is 0.358 e. The van der Waals surface area contributed by atoms with Crippen LogP contribution in [-0.2, 0) is 10.3 Å². The highest BCUT2D eigenvalue weighted by atomic mass is 16.5. The molecule has 10 heteroatoms. The van der Waals surface area contributed by atoms with Gasteiger partial charge in [-0.25, -0.2) is 9.48 Å². The first-order chi connectivity index (χ1) is 29.1. The van der Waals surface area contributed by atoms with Crippen molar-refractivity contribution >= 4 is 11.9 Å². The van der Waals surface area contributed by atoms with E-state index in [2.05, 4.69) is 122 Å². The monoisotopic (exact) mass is 807 g/mol. The van der Waals surface area contributed by atoms with E-state index in [1.54, 1.807) is 29.9 Å². The number of nitrogens with one attached hydrogen (secondary N) is 1. The highest BCUT2D eigenvalue weighted by Gasteiger charge is 2.35. The van der Waals surface area contributed by atoms with E-state index in [1.165, 1.54) is 23.8 Å². The molecule has 0 fully saturated rings. The van der Waals surface area contributed by atoms with Gasteiger partial charge in [-0.3, -0.25) is 10.1 Å². The van der Waals surface area contributed by atoms with Crippen molar-refractivity contribution < 1.29 is 23.8 Å². The predicted octanol–water partition coefficient (Wildman–Crippen LogP) is 8.83. The molecule has 0 saturated heterocycles. The minimum absolute atomic E-state index is 0.0256. The van der Waals surface area contributed by atoms with Crippen molar-refractivity contribution in [2.24, 2.45) is 0 Å². The number of benzene rings is 5. The lowest BCUT2D eigenvalue weighted by atomic mass is 9.77. The molecular weight excluding hydrogens is 751 g/mol. The highest BCUT2D eigenvalue weighted by Crippen LogP contribution is 2.41. The van der Waals surface area contributed by atoms with Crippen LogP contribution in [0.15, 0.2) is 133 Å². The van der Waals surface area contributed by atoms with Crippen molar-refractivity contribution in [2.75, 3.05) is 61.6 Å². The SMILES string of the molecule is COC(=O)c1cc(-c2c(OC)cccc2OC)n(-c2ccc(C(=O)N(C)CCCN(C)CCCNC(c3ccccc3)(c3ccccc3)c3ccccc3)cc2C(C)C)n1. The number of hydrogen-bond acceptors (Lipinski definition) is 8. The maximum atomic E-state index is 13.9. The Hall–Kier alpha value is -6.23. The molecule has 0 aliphatic carbocycles. The number of esters is 1. The zero-order chi connectivity index (χ0) is 42.6. The summed E-state index contributed by atoms with van der Waals surface area (Å²) in [6.45, 7) is 7.32. The Morgan fingerprint density at radius 2 is 1.25 bits per heavy atom. The first-order valence-corrected chi connectivity index (χ1v) is 20.5. The third-order valence-corrected chi connectivity index (χ3v) is 11.0. The van der Waals surface area contributed by atoms with Gasteiger partial charge in [0, 0.05) is 19.2 Å². The Morgan fingerprint density at radius 1 is 0.700 bits per heavy atom. The molecule has 10 nitrogen and oxygen atoms in total. The highest BCUT2D eigenvalue weighted by molar-refractivity contribution is 5.95. The minimum atomic E-state index is -0.568. The molecule has 0 radical (unpaired) electrons. The Labute approximate surface area is 354 Å². The van der Waals surface area contributed by atoms with Crippen LogP contribution >= 0.6 is 0 Å². The molecule has 6 aromatic rings. The van der Waals surface area contributed by atoms with E-state index in [9.17, 15) is 9.59 Å². The van der Waals surface area contributed by atoms with Gasteiger partial charge in [-0.05, 0) is 104 Å². The van der Waals surface area contributed by atoms with Gasteiger partial charge in [-0.1, -0.05) is 111 Å². The van der Waals surface area contributed by atoms with Crippen LogP contribution in [0.25, 0.3) is 16.9 Å². The van der Waals surface area contributed by atoms with Crippen LogP contribution in [0, 0.1) is 0 Å². The molecule has 1 N–H and O–H groups in total. The van der Waals surface area contributed by atoms with Gasteiger partial charge in [-0.15, -0.1) is 0 Å². The summed E-state index contributed by atoms with van der Waals surface area (Å²) in [7, 11) is 8.50. The Bertz CT molecular complexity index is 2210. The van der Waals surface area contributed by atoms with Crippen molar-refractivity contribution in [1.29, 1.82) is 0 Å². The van der Waals surface area contributed by atoms with E-state index in [0.29, 0.717) is 34.9 Å². The summed E-state index contributed by atoms with van der Waals surface area (Å²) < 4.78 is 18.2. The van der Waals surface area contributed by atoms with Gasteiger partial charge in [0.1, 0.15) is 11.5 Å². The summed E-state index contributed by atoms with van der Waals surface area (Å²) >= 11 is 0. The van der Waals surface area contributed by atoms with Crippen LogP contribution in [-0.4, -0.2) is 93.1 Å². The molecule has 5 aromatic carbocycles. The maximum Gasteiger partial charge on any atom is 0.358 e. The van der Waals surface area contributed by atoms with Crippen molar-refractivity contribution in [2.45, 2.75) is 38.1 Å². The van der Waals surface area contributed by atoms with Crippen LogP contribution in [0.5, 0.6) is 11.5 Å². The summed E-state index contributed by atoms with van der Waals surface area (Å²) in [5.74, 6) is 0.520. The molecule has 0 atom stereocenters. The molecule has 312 valence electrons. The number of hydrogen-bond donors (Lipinski definition) is 1. The van der Waals surface area contributed by atoms with Crippen LogP contribution in [0.2, 0.25) is 0 Å². The van der Waals surface area contributed by atoms with Crippen molar-refractivity contribution in [3.05, 3.63) is 167 Å². The molecule has 1 aromatic heterocycles. The largest absolute Gasteiger partial charge is 0.496 e. The number of aromatic nitrogens is 2. The first-order valence-electron chi connectivity index (χ1n) is 20.5. The van der Waals surface area contributed by atoms with E-state index in [0.717, 1.165) is 43.7 Å². The number of carbonyl (C=O) groups excluding carboxylic acids is 2. The molecule has 0 aliphatic rings. The molecule has 0 saturated carbocycles. The average Bonchev–Trinajstić information content (AvgIpc) is 3.74. The third-order valence-electron chi connectivity index (χ3n) is 11.0. The van der Waals surface area contributed by atoms with Gasteiger partial charge in [0.05, 0.1) is 43.8 Å². The van der Waals surface area contributed by atoms with E-state index in [-0.39, 0.29) is 17.5 Å². The topological polar surface area (TPSA) is 98.2 Å². The Balaban J connectivity index is 1.11. The second kappa shape index (κ2) is 20.2. The summed E-state index contributed by atoms with van der Waals surface area (Å²) in [6, 6.07) is 44.8. The predicted molar refractivity (Wildman–Crippen MR) is 238 cm³/mol. The van der Waals surface area contributed by atoms with Crippen LogP contribution < -0.4 is 14.8 Å². The van der Waals surface area contributed by atoms with Gasteiger partial charge in [0.2, 0.25) is 0 Å². The van der Waals surface area contributed by atoms with E-state index < -0.39 is 11.5 Å². The quantitative estimate of drug-likeness (QED) is 0.0493. The molecule has 1 amide bonds. The second-order valence-electron chi connectivity index (χ2n) is 15.3. The van der Waals surface area contributed by atoms with Gasteiger partial charge in [-0.2, -0.15) is 5.10 Å². The standard InChI is InChI=1S/C50H57N5O5/c1-36(2)41-34-37(28-29-43(41)55-44(35-42(52-55)49(57)60-7)47-45(58-5)26-17-27-46(47)59-6)48(56)54(4)33-19-32-53(3)31-18-30-51-50(38-20-11-8-12-21-38,39-22-13-9-14-23-39)40-24-15-10-16-25-40/h8-17,20-29,34-36,51H,18-19,30-33H2,1-7H3. The number of carbonyl (C=O) groups is 2. The lowest BCUT2D eigenvalue weighted by Gasteiger charge is -2.37. The normalized spacial score (nSPS) is 11.5. The first kappa shape index (κ1) is 43.4. The summed E-state index contributed by atoms with van der Waals surface area (Å²) in [5.41, 5.74) is 6.68. The second-order valence-corrected chi connectivity index (χ2v) is 15.3. The fraction of sp³-hybridized carbons (Fsp3) is 0.300. The average molecular weight is 808 g/mol. The third kappa shape index (κ3) is 9.46. The molecular formula is C50H57N5O5. The number of nitrogens with zero attached hydrogens (tertiary/aromatic N) is 4. The van der Waals surface area contributed by atoms with Crippen molar-refractivity contribution in [3.63, 3.8) is 0 Å². The minimum Gasteiger partial charge on any atom is -0.496 e. The number of methoxy groups -OCH3 is 3. The van der Waals surface area contributed by atoms with Gasteiger partial charge in [0.25, 0.3) is 5.91 Å². The Kier molecular flexibility index (Phi) is 14.6. The maximum absolute atomic E-state index is 13.9. The Morgan fingerprint density at radius 3 is 1.77 bits per heavy atom. The number of rotatable bonds is 19. The van der Waals surface area contributed by atoms with Gasteiger partial charge >= 0.3 is 5.97 Å². The summed E-state index contributed by atoms with van der Waals surface area (Å²) in [5, 5.41) is 8.68. The van der Waals surface area contributed by atoms with Crippen molar-refractivity contribution in [3.8, 4) is 28.4 Å². The molecule has 1 heterocycles. The van der Waals surface area contributed by atoms with E-state index in [4.69, 9.17) is 19.3 Å². The number of ether oxygens (including phenoxy) is 3. The fourth-order valence-corrected chi connectivity index (χ4v) is 7.90. The lowest BCUT2D eigenvalue weighted by molar-refractivity contribution is 0.0593. The lowest BCUT2D eigenvalue weighted by Crippen LogP contribution is -2.45. The van der Waals surface area contributed by atoms with Crippen LogP contribution in [0.4, 0.5) is 0 Å². The molecule has 6 rings (SSSR count). The summed E-state index contributed by atoms with van der Waals surface area (Å²) in [6.07, 6.45) is 1.78. The van der Waals surface area contributed by atoms with Crippen LogP contribution in [0.1, 0.15) is 75.7 Å². The molecule has 60 heavy (non-hydrogen) atoms.